The number of phenolic OH excluding ortho intramolecular Hbond substituents is 1. The molecule has 0 fully saturated rings. The molecular weight excluding hydrogens is 360 g/mol. The minimum Gasteiger partial charge on any atom is -0.497 e. The van der Waals surface area contributed by atoms with Crippen molar-refractivity contribution in [3.63, 3.8) is 0 Å². The van der Waals surface area contributed by atoms with Crippen LogP contribution < -0.4 is 0 Å². The summed E-state index contributed by atoms with van der Waals surface area (Å²) in [6.07, 6.45) is 5.78. The van der Waals surface area contributed by atoms with Crippen LogP contribution in [0.4, 0.5) is 17.1 Å². The number of phenols is 1. The van der Waals surface area contributed by atoms with Gasteiger partial charge in [-0.2, -0.15) is 0 Å². The Morgan fingerprint density at radius 3 is 2.15 bits per heavy atom. The van der Waals surface area contributed by atoms with Crippen LogP contribution >= 0.6 is 0 Å². The Morgan fingerprint density at radius 1 is 1.07 bits per heavy atom. The Balaban J connectivity index is 0.000000206. The molecule has 142 valence electrons. The van der Waals surface area contributed by atoms with Crippen LogP contribution in [-0.2, 0) is 6.42 Å². The van der Waals surface area contributed by atoms with Gasteiger partial charge in [0.1, 0.15) is 0 Å². The molecule has 0 saturated heterocycles. The topological polar surface area (TPSA) is 163 Å². The van der Waals surface area contributed by atoms with E-state index in [0.29, 0.717) is 18.1 Å². The van der Waals surface area contributed by atoms with E-state index in [4.69, 9.17) is 5.11 Å². The number of benzene rings is 1. The van der Waals surface area contributed by atoms with Crippen LogP contribution in [0.25, 0.3) is 0 Å². The summed E-state index contributed by atoms with van der Waals surface area (Å²) in [5.74, 6) is -0.527. The van der Waals surface area contributed by atoms with Gasteiger partial charge in [-0.15, -0.1) is 0 Å². The normalized spacial score (nSPS) is 15.1. The highest BCUT2D eigenvalue weighted by Crippen LogP contribution is 2.39. The van der Waals surface area contributed by atoms with Crippen molar-refractivity contribution < 1.29 is 19.9 Å². The Bertz CT molecular complexity index is 865. The molecule has 11 heteroatoms. The van der Waals surface area contributed by atoms with Gasteiger partial charge in [-0.1, -0.05) is 13.0 Å². The molecule has 0 radical (unpaired) electrons. The average Bonchev–Trinajstić information content (AvgIpc) is 2.62. The number of aromatic nitrogens is 1. The molecule has 1 aliphatic carbocycles. The first-order chi connectivity index (χ1) is 12.7. The van der Waals surface area contributed by atoms with Crippen LogP contribution in [0, 0.1) is 30.3 Å². The van der Waals surface area contributed by atoms with Gasteiger partial charge in [0.15, 0.2) is 0 Å². The lowest BCUT2D eigenvalue weighted by Gasteiger charge is -2.20. The predicted molar refractivity (Wildman–Crippen MR) is 93.7 cm³/mol. The maximum Gasteiger partial charge on any atom is 0.324 e. The Hall–Kier alpha value is -3.63. The molecule has 1 heterocycles. The van der Waals surface area contributed by atoms with E-state index < -0.39 is 37.6 Å². The van der Waals surface area contributed by atoms with Crippen molar-refractivity contribution in [2.24, 2.45) is 0 Å². The Labute approximate surface area is 152 Å². The van der Waals surface area contributed by atoms with Crippen molar-refractivity contribution in [3.05, 3.63) is 72.1 Å². The van der Waals surface area contributed by atoms with E-state index in [1.165, 1.54) is 30.5 Å². The van der Waals surface area contributed by atoms with Crippen molar-refractivity contribution in [3.8, 4) is 5.75 Å². The van der Waals surface area contributed by atoms with Crippen molar-refractivity contribution in [1.82, 2.24) is 4.98 Å². The lowest BCUT2D eigenvalue weighted by atomic mass is 9.88. The van der Waals surface area contributed by atoms with Crippen molar-refractivity contribution in [1.29, 1.82) is 0 Å². The van der Waals surface area contributed by atoms with Crippen LogP contribution in [0.1, 0.15) is 36.9 Å². The SMILES string of the molecule is CC1CCCc2cccnc21.O=[N+]([O-])c1cc([N+](=O)[O-])c(O)c([N+](=O)[O-])c1. The molecule has 1 N–H and O–H groups in total. The monoisotopic (exact) mass is 376 g/mol. The zero-order valence-electron chi connectivity index (χ0n) is 14.3. The van der Waals surface area contributed by atoms with Crippen LogP contribution in [0.2, 0.25) is 0 Å². The number of hydrogen-bond donors (Lipinski definition) is 1. The smallest absolute Gasteiger partial charge is 0.324 e. The van der Waals surface area contributed by atoms with Gasteiger partial charge < -0.3 is 5.11 Å². The van der Waals surface area contributed by atoms with Gasteiger partial charge in [0, 0.05) is 11.9 Å². The van der Waals surface area contributed by atoms with E-state index in [1.54, 1.807) is 0 Å². The highest BCUT2D eigenvalue weighted by molar-refractivity contribution is 5.64. The third-order valence-corrected chi connectivity index (χ3v) is 4.13. The highest BCUT2D eigenvalue weighted by atomic mass is 16.6. The van der Waals surface area contributed by atoms with Gasteiger partial charge in [0.2, 0.25) is 0 Å². The fourth-order valence-electron chi connectivity index (χ4n) is 2.81. The number of pyridine rings is 1. The Kier molecular flexibility index (Phi) is 5.96. The highest BCUT2D eigenvalue weighted by Gasteiger charge is 2.30. The summed E-state index contributed by atoms with van der Waals surface area (Å²) in [4.78, 5) is 32.2. The molecule has 0 saturated carbocycles. The number of non-ortho nitro benzene ring substituents is 1. The van der Waals surface area contributed by atoms with Gasteiger partial charge in [-0.05, 0) is 36.8 Å². The van der Waals surface area contributed by atoms with E-state index in [1.807, 2.05) is 12.3 Å². The summed E-state index contributed by atoms with van der Waals surface area (Å²) in [5, 5.41) is 40.2. The van der Waals surface area contributed by atoms with Crippen molar-refractivity contribution >= 4 is 17.1 Å². The van der Waals surface area contributed by atoms with E-state index >= 15 is 0 Å². The molecule has 0 spiro atoms. The van der Waals surface area contributed by atoms with E-state index in [-0.39, 0.29) is 0 Å². The summed E-state index contributed by atoms with van der Waals surface area (Å²) >= 11 is 0. The van der Waals surface area contributed by atoms with Crippen LogP contribution in [0.15, 0.2) is 30.5 Å². The minimum atomic E-state index is -1.21. The molecule has 0 bridgehead atoms. The number of hydrogen-bond acceptors (Lipinski definition) is 8. The molecular formula is C16H16N4O7. The number of nitro groups is 3. The number of nitrogens with zero attached hydrogens (tertiary/aromatic N) is 4. The molecule has 1 aliphatic rings. The molecule has 0 aliphatic heterocycles. The van der Waals surface area contributed by atoms with E-state index in [2.05, 4.69) is 18.0 Å². The zero-order valence-corrected chi connectivity index (χ0v) is 14.3. The van der Waals surface area contributed by atoms with Crippen LogP contribution in [0.5, 0.6) is 5.75 Å². The molecule has 1 atom stereocenters. The predicted octanol–water partition coefficient (Wildman–Crippen LogP) is 3.64. The summed E-state index contributed by atoms with van der Waals surface area (Å²) < 4.78 is 0. The minimum absolute atomic E-state index is 0.447. The molecule has 1 unspecified atom stereocenters. The zero-order chi connectivity index (χ0) is 20.1. The van der Waals surface area contributed by atoms with Gasteiger partial charge in [0.05, 0.1) is 26.9 Å². The lowest BCUT2D eigenvalue weighted by molar-refractivity contribution is -0.404. The van der Waals surface area contributed by atoms with Gasteiger partial charge in [-0.3, -0.25) is 35.3 Å². The van der Waals surface area contributed by atoms with Crippen molar-refractivity contribution in [2.75, 3.05) is 0 Å². The maximum atomic E-state index is 10.4. The van der Waals surface area contributed by atoms with E-state index in [9.17, 15) is 30.3 Å². The third kappa shape index (κ3) is 4.51. The van der Waals surface area contributed by atoms with Crippen LogP contribution in [-0.4, -0.2) is 24.9 Å². The molecule has 2 aromatic rings. The molecule has 3 rings (SSSR count). The van der Waals surface area contributed by atoms with Gasteiger partial charge >= 0.3 is 11.4 Å². The molecule has 11 nitrogen and oxygen atoms in total. The second-order valence-electron chi connectivity index (χ2n) is 5.94. The quantitative estimate of drug-likeness (QED) is 0.626. The number of fused-ring (bicyclic) bond motifs is 1. The number of aromatic hydroxyl groups is 1. The van der Waals surface area contributed by atoms with E-state index in [0.717, 1.165) is 0 Å². The largest absolute Gasteiger partial charge is 0.497 e. The third-order valence-electron chi connectivity index (χ3n) is 4.13. The summed E-state index contributed by atoms with van der Waals surface area (Å²) in [5.41, 5.74) is -0.206. The average molecular weight is 376 g/mol. The number of aryl methyl sites for hydroxylation is 1. The summed E-state index contributed by atoms with van der Waals surface area (Å²) in [6, 6.07) is 5.14. The fraction of sp³-hybridized carbons (Fsp3) is 0.312. The maximum absolute atomic E-state index is 10.4. The first kappa shape index (κ1) is 19.7. The standard InChI is InChI=1S/C10H13N.C6H3N3O7/c1-8-4-2-5-9-6-3-7-11-10(8)9;10-6-4(8(13)14)1-3(7(11)12)2-5(6)9(15)16/h3,6-8H,2,4-5H2,1H3;1-2,10H. The van der Waals surface area contributed by atoms with Gasteiger partial charge in [0.25, 0.3) is 11.4 Å². The van der Waals surface area contributed by atoms with Crippen molar-refractivity contribution in [2.45, 2.75) is 32.1 Å². The fourth-order valence-corrected chi connectivity index (χ4v) is 2.81. The first-order valence-electron chi connectivity index (χ1n) is 7.96. The summed E-state index contributed by atoms with van der Waals surface area (Å²) in [6.45, 7) is 2.27. The molecule has 27 heavy (non-hydrogen) atoms. The Morgan fingerprint density at radius 2 is 1.67 bits per heavy atom. The number of rotatable bonds is 3. The lowest BCUT2D eigenvalue weighted by Crippen LogP contribution is -2.08. The number of nitro benzene ring substituents is 3. The van der Waals surface area contributed by atoms with Crippen LogP contribution in [0.3, 0.4) is 0 Å². The second kappa shape index (κ2) is 8.17. The molecule has 0 amide bonds. The summed E-state index contributed by atoms with van der Waals surface area (Å²) in [7, 11) is 0. The molecule has 1 aromatic carbocycles. The molecule has 1 aromatic heterocycles. The van der Waals surface area contributed by atoms with Gasteiger partial charge in [-0.25, -0.2) is 0 Å². The second-order valence-corrected chi connectivity index (χ2v) is 5.94. The first-order valence-corrected chi connectivity index (χ1v) is 7.96.